The van der Waals surface area contributed by atoms with Gasteiger partial charge in [0.05, 0.1) is 5.69 Å². The fraction of sp³-hybridized carbons (Fsp3) is 0.357. The van der Waals surface area contributed by atoms with Crippen LogP contribution in [-0.4, -0.2) is 35.7 Å². The molecule has 4 heteroatoms. The van der Waals surface area contributed by atoms with Crippen molar-refractivity contribution in [2.24, 2.45) is 0 Å². The zero-order valence-electron chi connectivity index (χ0n) is 10.6. The SMILES string of the molecule is Cc1cn(-c2ccccc2)c(N2CCNCC2)n1. The molecule has 1 aliphatic rings. The first kappa shape index (κ1) is 11.3. The summed E-state index contributed by atoms with van der Waals surface area (Å²) in [5, 5.41) is 3.37. The van der Waals surface area contributed by atoms with E-state index in [-0.39, 0.29) is 0 Å². The minimum Gasteiger partial charge on any atom is -0.339 e. The Labute approximate surface area is 107 Å². The third kappa shape index (κ3) is 2.11. The highest BCUT2D eigenvalue weighted by Crippen LogP contribution is 2.20. The van der Waals surface area contributed by atoms with Crippen molar-refractivity contribution in [3.05, 3.63) is 42.2 Å². The number of nitrogens with one attached hydrogen (secondary N) is 1. The van der Waals surface area contributed by atoms with Crippen LogP contribution in [0.5, 0.6) is 0 Å². The summed E-state index contributed by atoms with van der Waals surface area (Å²) in [7, 11) is 0. The van der Waals surface area contributed by atoms with E-state index in [4.69, 9.17) is 0 Å². The van der Waals surface area contributed by atoms with Gasteiger partial charge in [-0.05, 0) is 19.1 Å². The number of hydrogen-bond acceptors (Lipinski definition) is 3. The van der Waals surface area contributed by atoms with Gasteiger partial charge in [-0.3, -0.25) is 4.57 Å². The van der Waals surface area contributed by atoms with E-state index in [2.05, 4.69) is 50.2 Å². The molecular weight excluding hydrogens is 224 g/mol. The van der Waals surface area contributed by atoms with Crippen molar-refractivity contribution in [3.63, 3.8) is 0 Å². The van der Waals surface area contributed by atoms with Crippen molar-refractivity contribution in [1.29, 1.82) is 0 Å². The molecular formula is C14H18N4. The van der Waals surface area contributed by atoms with Gasteiger partial charge in [0.1, 0.15) is 0 Å². The standard InChI is InChI=1S/C14H18N4/c1-12-11-18(13-5-3-2-4-6-13)14(16-12)17-9-7-15-8-10-17/h2-6,11,15H,7-10H2,1H3. The van der Waals surface area contributed by atoms with E-state index in [9.17, 15) is 0 Å². The van der Waals surface area contributed by atoms with E-state index in [0.29, 0.717) is 0 Å². The third-order valence-electron chi connectivity index (χ3n) is 3.24. The van der Waals surface area contributed by atoms with Crippen LogP contribution in [0.2, 0.25) is 0 Å². The molecule has 0 amide bonds. The van der Waals surface area contributed by atoms with Gasteiger partial charge < -0.3 is 10.2 Å². The molecule has 1 fully saturated rings. The summed E-state index contributed by atoms with van der Waals surface area (Å²) in [5.41, 5.74) is 2.24. The molecule has 0 saturated carbocycles. The Morgan fingerprint density at radius 3 is 2.56 bits per heavy atom. The van der Waals surface area contributed by atoms with Crippen LogP contribution in [0, 0.1) is 6.92 Å². The zero-order chi connectivity index (χ0) is 12.4. The predicted octanol–water partition coefficient (Wildman–Crippen LogP) is 1.59. The topological polar surface area (TPSA) is 33.1 Å². The van der Waals surface area contributed by atoms with Crippen LogP contribution in [-0.2, 0) is 0 Å². The number of anilines is 1. The molecule has 3 rings (SSSR count). The van der Waals surface area contributed by atoms with E-state index in [0.717, 1.165) is 37.8 Å². The molecule has 2 heterocycles. The minimum atomic E-state index is 1.02. The van der Waals surface area contributed by atoms with Gasteiger partial charge in [0.15, 0.2) is 0 Å². The maximum absolute atomic E-state index is 4.67. The maximum Gasteiger partial charge on any atom is 0.210 e. The monoisotopic (exact) mass is 242 g/mol. The van der Waals surface area contributed by atoms with Crippen molar-refractivity contribution in [3.8, 4) is 5.69 Å². The number of nitrogens with zero attached hydrogens (tertiary/aromatic N) is 3. The van der Waals surface area contributed by atoms with E-state index in [1.165, 1.54) is 5.69 Å². The summed E-state index contributed by atoms with van der Waals surface area (Å²) in [6.07, 6.45) is 2.10. The molecule has 2 aromatic rings. The maximum atomic E-state index is 4.67. The highest BCUT2D eigenvalue weighted by Gasteiger charge is 2.17. The molecule has 18 heavy (non-hydrogen) atoms. The minimum absolute atomic E-state index is 1.02. The highest BCUT2D eigenvalue weighted by atomic mass is 15.3. The predicted molar refractivity (Wildman–Crippen MR) is 73.4 cm³/mol. The summed E-state index contributed by atoms with van der Waals surface area (Å²) >= 11 is 0. The van der Waals surface area contributed by atoms with Crippen LogP contribution in [0.3, 0.4) is 0 Å². The van der Waals surface area contributed by atoms with Crippen LogP contribution >= 0.6 is 0 Å². The lowest BCUT2D eigenvalue weighted by Crippen LogP contribution is -2.44. The van der Waals surface area contributed by atoms with Gasteiger partial charge in [0.2, 0.25) is 5.95 Å². The summed E-state index contributed by atoms with van der Waals surface area (Å²) in [6, 6.07) is 10.4. The lowest BCUT2D eigenvalue weighted by atomic mass is 10.3. The molecule has 0 spiro atoms. The number of piperazine rings is 1. The fourth-order valence-electron chi connectivity index (χ4n) is 2.35. The van der Waals surface area contributed by atoms with Crippen molar-refractivity contribution < 1.29 is 0 Å². The van der Waals surface area contributed by atoms with Crippen LogP contribution in [0.15, 0.2) is 36.5 Å². The van der Waals surface area contributed by atoms with E-state index < -0.39 is 0 Å². The van der Waals surface area contributed by atoms with Gasteiger partial charge in [-0.15, -0.1) is 0 Å². The summed E-state index contributed by atoms with van der Waals surface area (Å²) in [5.74, 6) is 1.06. The number of hydrogen-bond donors (Lipinski definition) is 1. The fourth-order valence-corrected chi connectivity index (χ4v) is 2.35. The number of benzene rings is 1. The summed E-state index contributed by atoms with van der Waals surface area (Å²) in [4.78, 5) is 7.02. The van der Waals surface area contributed by atoms with Gasteiger partial charge in [-0.25, -0.2) is 4.98 Å². The van der Waals surface area contributed by atoms with Crippen molar-refractivity contribution in [2.75, 3.05) is 31.1 Å². The average molecular weight is 242 g/mol. The van der Waals surface area contributed by atoms with Crippen molar-refractivity contribution in [2.45, 2.75) is 6.92 Å². The van der Waals surface area contributed by atoms with Crippen molar-refractivity contribution in [1.82, 2.24) is 14.9 Å². The third-order valence-corrected chi connectivity index (χ3v) is 3.24. The number of para-hydroxylation sites is 1. The Kier molecular flexibility index (Phi) is 3.02. The van der Waals surface area contributed by atoms with Crippen LogP contribution in [0.1, 0.15) is 5.69 Å². The highest BCUT2D eigenvalue weighted by molar-refractivity contribution is 5.45. The molecule has 94 valence electrons. The van der Waals surface area contributed by atoms with Gasteiger partial charge in [-0.1, -0.05) is 18.2 Å². The second-order valence-corrected chi connectivity index (χ2v) is 4.62. The first-order valence-corrected chi connectivity index (χ1v) is 6.42. The molecule has 1 aromatic heterocycles. The molecule has 1 saturated heterocycles. The second kappa shape index (κ2) is 4.82. The number of imidazole rings is 1. The van der Waals surface area contributed by atoms with E-state index >= 15 is 0 Å². The molecule has 0 bridgehead atoms. The summed E-state index contributed by atoms with van der Waals surface area (Å²) < 4.78 is 2.18. The molecule has 0 atom stereocenters. The Morgan fingerprint density at radius 1 is 1.11 bits per heavy atom. The Balaban J connectivity index is 1.99. The normalized spacial score (nSPS) is 15.9. The van der Waals surface area contributed by atoms with Gasteiger partial charge in [0, 0.05) is 38.1 Å². The van der Waals surface area contributed by atoms with Gasteiger partial charge in [-0.2, -0.15) is 0 Å². The largest absolute Gasteiger partial charge is 0.339 e. The quantitative estimate of drug-likeness (QED) is 0.868. The molecule has 0 unspecified atom stereocenters. The lowest BCUT2D eigenvalue weighted by Gasteiger charge is -2.28. The molecule has 0 radical (unpaired) electrons. The Hall–Kier alpha value is -1.81. The van der Waals surface area contributed by atoms with Crippen LogP contribution < -0.4 is 10.2 Å². The average Bonchev–Trinajstić information content (AvgIpc) is 2.83. The first-order chi connectivity index (χ1) is 8.84. The Morgan fingerprint density at radius 2 is 1.83 bits per heavy atom. The molecule has 0 aliphatic carbocycles. The van der Waals surface area contributed by atoms with Gasteiger partial charge in [0.25, 0.3) is 0 Å². The molecule has 4 nitrogen and oxygen atoms in total. The number of aryl methyl sites for hydroxylation is 1. The Bertz CT molecular complexity index is 512. The summed E-state index contributed by atoms with van der Waals surface area (Å²) in [6.45, 7) is 6.14. The first-order valence-electron chi connectivity index (χ1n) is 6.42. The zero-order valence-corrected chi connectivity index (χ0v) is 10.6. The van der Waals surface area contributed by atoms with Crippen LogP contribution in [0.4, 0.5) is 5.95 Å². The lowest BCUT2D eigenvalue weighted by molar-refractivity contribution is 0.577. The van der Waals surface area contributed by atoms with E-state index in [1.54, 1.807) is 0 Å². The molecule has 1 N–H and O–H groups in total. The number of aromatic nitrogens is 2. The molecule has 1 aromatic carbocycles. The molecule has 1 aliphatic heterocycles. The smallest absolute Gasteiger partial charge is 0.210 e. The van der Waals surface area contributed by atoms with Crippen LogP contribution in [0.25, 0.3) is 5.69 Å². The van der Waals surface area contributed by atoms with Crippen molar-refractivity contribution >= 4 is 5.95 Å². The second-order valence-electron chi connectivity index (χ2n) is 4.62. The van der Waals surface area contributed by atoms with Gasteiger partial charge >= 0.3 is 0 Å². The number of rotatable bonds is 2. The van der Waals surface area contributed by atoms with E-state index in [1.807, 2.05) is 13.0 Å².